The molecule has 0 spiro atoms. The Balaban J connectivity index is 2.01. The van der Waals surface area contributed by atoms with E-state index in [0.29, 0.717) is 0 Å². The Bertz CT molecular complexity index is 627. The summed E-state index contributed by atoms with van der Waals surface area (Å²) in [6.45, 7) is 1.57. The van der Waals surface area contributed by atoms with Gasteiger partial charge in [-0.1, -0.05) is 35.6 Å². The predicted octanol–water partition coefficient (Wildman–Crippen LogP) is 3.38. The van der Waals surface area contributed by atoms with Crippen LogP contribution in [-0.2, 0) is 13.1 Å². The molecule has 2 aromatic rings. The number of rotatable bonds is 4. The zero-order chi connectivity index (χ0) is 14.4. The zero-order valence-corrected chi connectivity index (χ0v) is 12.8. The Kier molecular flexibility index (Phi) is 5.63. The third kappa shape index (κ3) is 4.36. The third-order valence-electron chi connectivity index (χ3n) is 2.80. The monoisotopic (exact) mass is 305 g/mol. The van der Waals surface area contributed by atoms with E-state index >= 15 is 0 Å². The van der Waals surface area contributed by atoms with E-state index in [9.17, 15) is 0 Å². The summed E-state index contributed by atoms with van der Waals surface area (Å²) in [6, 6.07) is 9.90. The molecule has 2 rings (SSSR count). The first-order valence-corrected chi connectivity index (χ1v) is 7.54. The van der Waals surface area contributed by atoms with Crippen molar-refractivity contribution in [2.24, 2.45) is 0 Å². The van der Waals surface area contributed by atoms with Gasteiger partial charge in [0.2, 0.25) is 0 Å². The van der Waals surface area contributed by atoms with Gasteiger partial charge in [-0.05, 0) is 36.2 Å². The molecular formula is C16H16ClNOS. The maximum Gasteiger partial charge on any atom is 0.104 e. The standard InChI is InChI=1S/C16H16ClNOS/c1-18(11-13-4-2-6-15(17)10-13)12-16-14(5-3-8-19)7-9-20-16/h2,4,6-7,9-10,19H,8,11-12H2,1H3. The minimum atomic E-state index is -0.104. The number of aliphatic hydroxyl groups is 1. The van der Waals surface area contributed by atoms with Gasteiger partial charge in [0.25, 0.3) is 0 Å². The lowest BCUT2D eigenvalue weighted by atomic mass is 10.2. The van der Waals surface area contributed by atoms with Crippen LogP contribution in [0.4, 0.5) is 0 Å². The van der Waals surface area contributed by atoms with Crippen molar-refractivity contribution in [3.05, 3.63) is 56.7 Å². The molecular weight excluding hydrogens is 290 g/mol. The summed E-state index contributed by atoms with van der Waals surface area (Å²) in [4.78, 5) is 3.44. The van der Waals surface area contributed by atoms with Crippen molar-refractivity contribution in [1.29, 1.82) is 0 Å². The lowest BCUT2D eigenvalue weighted by Crippen LogP contribution is -2.17. The van der Waals surface area contributed by atoms with Gasteiger partial charge in [0.05, 0.1) is 0 Å². The van der Waals surface area contributed by atoms with E-state index in [-0.39, 0.29) is 6.61 Å². The molecule has 0 aliphatic rings. The van der Waals surface area contributed by atoms with Crippen LogP contribution in [0.15, 0.2) is 35.7 Å². The number of halogens is 1. The molecule has 0 aliphatic heterocycles. The first-order valence-electron chi connectivity index (χ1n) is 6.28. The highest BCUT2D eigenvalue weighted by atomic mass is 35.5. The highest BCUT2D eigenvalue weighted by Crippen LogP contribution is 2.19. The van der Waals surface area contributed by atoms with Crippen molar-refractivity contribution < 1.29 is 5.11 Å². The van der Waals surface area contributed by atoms with Crippen molar-refractivity contribution in [2.45, 2.75) is 13.1 Å². The Hall–Kier alpha value is -1.31. The molecule has 0 unspecified atom stereocenters. The summed E-state index contributed by atoms with van der Waals surface area (Å²) in [6.07, 6.45) is 0. The maximum absolute atomic E-state index is 8.77. The molecule has 0 fully saturated rings. The fourth-order valence-electron chi connectivity index (χ4n) is 1.96. The Morgan fingerprint density at radius 1 is 1.30 bits per heavy atom. The highest BCUT2D eigenvalue weighted by molar-refractivity contribution is 7.10. The minimum Gasteiger partial charge on any atom is -0.384 e. The minimum absolute atomic E-state index is 0.104. The van der Waals surface area contributed by atoms with Crippen LogP contribution in [0.25, 0.3) is 0 Å². The zero-order valence-electron chi connectivity index (χ0n) is 11.3. The summed E-state index contributed by atoms with van der Waals surface area (Å²) in [7, 11) is 2.07. The van der Waals surface area contributed by atoms with E-state index < -0.39 is 0 Å². The first-order chi connectivity index (χ1) is 9.69. The van der Waals surface area contributed by atoms with E-state index in [2.05, 4.69) is 29.9 Å². The van der Waals surface area contributed by atoms with Crippen LogP contribution in [0.5, 0.6) is 0 Å². The molecule has 1 heterocycles. The van der Waals surface area contributed by atoms with Crippen LogP contribution >= 0.6 is 22.9 Å². The number of hydrogen-bond acceptors (Lipinski definition) is 3. The summed E-state index contributed by atoms with van der Waals surface area (Å²) in [5, 5.41) is 11.6. The molecule has 0 aliphatic carbocycles. The second-order valence-corrected chi connectivity index (χ2v) is 5.96. The fraction of sp³-hybridized carbons (Fsp3) is 0.250. The number of thiophene rings is 1. The molecule has 2 nitrogen and oxygen atoms in total. The molecule has 0 saturated carbocycles. The second-order valence-electron chi connectivity index (χ2n) is 4.52. The molecule has 1 N–H and O–H groups in total. The lowest BCUT2D eigenvalue weighted by Gasteiger charge is -2.16. The molecule has 1 aromatic carbocycles. The van der Waals surface area contributed by atoms with Crippen LogP contribution < -0.4 is 0 Å². The lowest BCUT2D eigenvalue weighted by molar-refractivity contribution is 0.322. The van der Waals surface area contributed by atoms with E-state index in [4.69, 9.17) is 16.7 Å². The van der Waals surface area contributed by atoms with Crippen molar-refractivity contribution in [1.82, 2.24) is 4.90 Å². The van der Waals surface area contributed by atoms with E-state index in [1.54, 1.807) is 11.3 Å². The normalized spacial score (nSPS) is 10.4. The molecule has 0 bridgehead atoms. The van der Waals surface area contributed by atoms with E-state index in [1.165, 1.54) is 10.4 Å². The van der Waals surface area contributed by atoms with Crippen LogP contribution in [0.3, 0.4) is 0 Å². The second kappa shape index (κ2) is 7.47. The highest BCUT2D eigenvalue weighted by Gasteiger charge is 2.07. The van der Waals surface area contributed by atoms with Gasteiger partial charge in [0, 0.05) is 28.6 Å². The van der Waals surface area contributed by atoms with Gasteiger partial charge in [-0.3, -0.25) is 4.90 Å². The Labute approximate surface area is 128 Å². The first kappa shape index (κ1) is 15.1. The van der Waals surface area contributed by atoms with Crippen molar-refractivity contribution in [3.8, 4) is 11.8 Å². The molecule has 0 amide bonds. The summed E-state index contributed by atoms with van der Waals surface area (Å²) in [5.41, 5.74) is 2.20. The largest absolute Gasteiger partial charge is 0.384 e. The van der Waals surface area contributed by atoms with Crippen LogP contribution in [0.1, 0.15) is 16.0 Å². The van der Waals surface area contributed by atoms with Gasteiger partial charge in [-0.2, -0.15) is 0 Å². The van der Waals surface area contributed by atoms with Crippen LogP contribution in [-0.4, -0.2) is 23.7 Å². The van der Waals surface area contributed by atoms with Crippen LogP contribution in [0, 0.1) is 11.8 Å². The van der Waals surface area contributed by atoms with Gasteiger partial charge >= 0.3 is 0 Å². The van der Waals surface area contributed by atoms with Gasteiger partial charge in [0.15, 0.2) is 0 Å². The number of benzene rings is 1. The number of aliphatic hydroxyl groups excluding tert-OH is 1. The average Bonchev–Trinajstić information content (AvgIpc) is 2.83. The van der Waals surface area contributed by atoms with Crippen molar-refractivity contribution in [3.63, 3.8) is 0 Å². The number of hydrogen-bond donors (Lipinski definition) is 1. The van der Waals surface area contributed by atoms with E-state index in [0.717, 1.165) is 23.7 Å². The molecule has 0 atom stereocenters. The molecule has 4 heteroatoms. The van der Waals surface area contributed by atoms with Gasteiger partial charge in [-0.25, -0.2) is 0 Å². The summed E-state index contributed by atoms with van der Waals surface area (Å²) in [5.74, 6) is 5.68. The molecule has 20 heavy (non-hydrogen) atoms. The fourth-order valence-corrected chi connectivity index (χ4v) is 3.08. The van der Waals surface area contributed by atoms with Gasteiger partial charge in [-0.15, -0.1) is 11.3 Å². The van der Waals surface area contributed by atoms with Gasteiger partial charge in [0.1, 0.15) is 6.61 Å². The maximum atomic E-state index is 8.77. The quantitative estimate of drug-likeness (QED) is 0.875. The molecule has 1 aromatic heterocycles. The Morgan fingerprint density at radius 3 is 2.90 bits per heavy atom. The summed E-state index contributed by atoms with van der Waals surface area (Å²) >= 11 is 7.69. The Morgan fingerprint density at radius 2 is 2.15 bits per heavy atom. The van der Waals surface area contributed by atoms with Crippen LogP contribution in [0.2, 0.25) is 5.02 Å². The molecule has 104 valence electrons. The topological polar surface area (TPSA) is 23.5 Å². The number of nitrogens with zero attached hydrogens (tertiary/aromatic N) is 1. The van der Waals surface area contributed by atoms with Crippen molar-refractivity contribution >= 4 is 22.9 Å². The smallest absolute Gasteiger partial charge is 0.104 e. The average molecular weight is 306 g/mol. The summed E-state index contributed by atoms with van der Waals surface area (Å²) < 4.78 is 0. The van der Waals surface area contributed by atoms with Gasteiger partial charge < -0.3 is 5.11 Å². The SMILES string of the molecule is CN(Cc1cccc(Cl)c1)Cc1sccc1C#CCO. The van der Waals surface area contributed by atoms with E-state index in [1.807, 2.05) is 29.6 Å². The third-order valence-corrected chi connectivity index (χ3v) is 3.94. The molecule has 0 saturated heterocycles. The van der Waals surface area contributed by atoms with Crippen molar-refractivity contribution in [2.75, 3.05) is 13.7 Å². The molecule has 0 radical (unpaired) electrons. The predicted molar refractivity (Wildman–Crippen MR) is 84.9 cm³/mol.